The first-order valence-corrected chi connectivity index (χ1v) is 6.62. The molecule has 0 aliphatic carbocycles. The fraction of sp³-hybridized carbons (Fsp3) is 0.583. The Bertz CT molecular complexity index is 550. The van der Waals surface area contributed by atoms with E-state index in [0.717, 1.165) is 12.8 Å². The Kier molecular flexibility index (Phi) is 4.44. The van der Waals surface area contributed by atoms with Gasteiger partial charge in [-0.05, 0) is 29.8 Å². The van der Waals surface area contributed by atoms with Crippen molar-refractivity contribution in [2.45, 2.75) is 45.2 Å². The van der Waals surface area contributed by atoms with Crippen LogP contribution in [-0.2, 0) is 4.79 Å². The van der Waals surface area contributed by atoms with Crippen LogP contribution in [0.25, 0.3) is 0 Å². The lowest BCUT2D eigenvalue weighted by molar-refractivity contribution is -0.138. The summed E-state index contributed by atoms with van der Waals surface area (Å²) >= 11 is 0. The second kappa shape index (κ2) is 6.27. The van der Waals surface area contributed by atoms with E-state index in [1.807, 2.05) is 26.1 Å². The minimum atomic E-state index is -0.850. The number of carboxylic acid groups (broad SMARTS) is 1. The van der Waals surface area contributed by atoms with Crippen molar-refractivity contribution in [1.29, 1.82) is 0 Å². The van der Waals surface area contributed by atoms with E-state index < -0.39 is 5.97 Å². The van der Waals surface area contributed by atoms with Crippen molar-refractivity contribution < 1.29 is 9.90 Å². The molecule has 0 bridgehead atoms. The van der Waals surface area contributed by atoms with E-state index in [0.29, 0.717) is 5.82 Å². The van der Waals surface area contributed by atoms with Crippen LogP contribution in [0.15, 0.2) is 18.5 Å². The number of carboxylic acids is 1. The first-order valence-electron chi connectivity index (χ1n) is 6.62. The molecule has 1 N–H and O–H groups in total. The van der Waals surface area contributed by atoms with Gasteiger partial charge in [-0.15, -0.1) is 5.10 Å². The second-order valence-electron chi connectivity index (χ2n) is 4.68. The summed E-state index contributed by atoms with van der Waals surface area (Å²) in [7, 11) is 0. The third-order valence-corrected chi connectivity index (χ3v) is 3.19. The quantitative estimate of drug-likeness (QED) is 0.819. The van der Waals surface area contributed by atoms with Crippen LogP contribution >= 0.6 is 0 Å². The van der Waals surface area contributed by atoms with Crippen molar-refractivity contribution in [2.75, 3.05) is 0 Å². The molecule has 0 aromatic carbocycles. The fourth-order valence-corrected chi connectivity index (χ4v) is 2.21. The number of nitrogens with zero attached hydrogens (tertiary/aromatic N) is 6. The highest BCUT2D eigenvalue weighted by atomic mass is 16.4. The third kappa shape index (κ3) is 3.01. The fourth-order valence-electron chi connectivity index (χ4n) is 2.21. The average molecular weight is 278 g/mol. The van der Waals surface area contributed by atoms with Gasteiger partial charge in [-0.1, -0.05) is 13.3 Å². The Labute approximate surface area is 116 Å². The molecule has 2 heterocycles. The largest absolute Gasteiger partial charge is 0.481 e. The van der Waals surface area contributed by atoms with E-state index in [1.165, 1.54) is 0 Å². The smallest absolute Gasteiger partial charge is 0.305 e. The zero-order valence-electron chi connectivity index (χ0n) is 11.5. The van der Waals surface area contributed by atoms with Crippen LogP contribution in [0.2, 0.25) is 0 Å². The predicted octanol–water partition coefficient (Wildman–Crippen LogP) is 1.29. The molecule has 2 aromatic heterocycles. The Morgan fingerprint density at radius 3 is 2.90 bits per heavy atom. The Balaban J connectivity index is 2.28. The van der Waals surface area contributed by atoms with Crippen LogP contribution in [0.3, 0.4) is 0 Å². The second-order valence-corrected chi connectivity index (χ2v) is 4.68. The normalized spacial score (nSPS) is 14.1. The van der Waals surface area contributed by atoms with Gasteiger partial charge in [0, 0.05) is 12.4 Å². The molecule has 0 saturated heterocycles. The van der Waals surface area contributed by atoms with Crippen LogP contribution in [0.5, 0.6) is 0 Å². The molecule has 2 unspecified atom stereocenters. The first kappa shape index (κ1) is 14.2. The summed E-state index contributed by atoms with van der Waals surface area (Å²) < 4.78 is 3.36. The molecule has 0 radical (unpaired) electrons. The van der Waals surface area contributed by atoms with Crippen molar-refractivity contribution in [3.05, 3.63) is 24.3 Å². The van der Waals surface area contributed by atoms with Crippen molar-refractivity contribution in [3.63, 3.8) is 0 Å². The van der Waals surface area contributed by atoms with Crippen molar-refractivity contribution in [1.82, 2.24) is 30.0 Å². The number of hydrogen-bond acceptors (Lipinski definition) is 5. The van der Waals surface area contributed by atoms with Gasteiger partial charge in [0.2, 0.25) is 0 Å². The summed E-state index contributed by atoms with van der Waals surface area (Å²) in [6.45, 7) is 3.94. The summed E-state index contributed by atoms with van der Waals surface area (Å²) in [5.41, 5.74) is 0. The highest BCUT2D eigenvalue weighted by Crippen LogP contribution is 2.22. The molecule has 0 saturated carbocycles. The number of aromatic nitrogens is 6. The summed E-state index contributed by atoms with van der Waals surface area (Å²) in [6.07, 6.45) is 5.11. The van der Waals surface area contributed by atoms with E-state index in [9.17, 15) is 4.79 Å². The van der Waals surface area contributed by atoms with E-state index in [2.05, 4.69) is 20.6 Å². The minimum Gasteiger partial charge on any atom is -0.481 e. The van der Waals surface area contributed by atoms with Gasteiger partial charge < -0.3 is 5.11 Å². The Morgan fingerprint density at radius 1 is 1.50 bits per heavy atom. The van der Waals surface area contributed by atoms with Crippen LogP contribution < -0.4 is 0 Å². The van der Waals surface area contributed by atoms with Crippen molar-refractivity contribution in [3.8, 4) is 0 Å². The molecular formula is C12H18N6O2. The molecule has 0 aliphatic rings. The summed E-state index contributed by atoms with van der Waals surface area (Å²) in [4.78, 5) is 11.0. The molecule has 2 rings (SSSR count). The molecule has 8 heteroatoms. The maximum atomic E-state index is 11.0. The molecule has 0 amide bonds. The average Bonchev–Trinajstić information content (AvgIpc) is 3.08. The van der Waals surface area contributed by atoms with Gasteiger partial charge >= 0.3 is 5.97 Å². The van der Waals surface area contributed by atoms with Gasteiger partial charge in [-0.3, -0.25) is 9.48 Å². The molecule has 2 atom stereocenters. The molecular weight excluding hydrogens is 260 g/mol. The van der Waals surface area contributed by atoms with E-state index in [1.54, 1.807) is 15.6 Å². The third-order valence-electron chi connectivity index (χ3n) is 3.19. The Hall–Kier alpha value is -2.25. The SMILES string of the molecule is CCCC(CC(=O)O)n1nnnc1C(C)n1cccn1. The first-order chi connectivity index (χ1) is 9.63. The summed E-state index contributed by atoms with van der Waals surface area (Å²) in [5, 5.41) is 24.9. The maximum absolute atomic E-state index is 11.0. The Morgan fingerprint density at radius 2 is 2.30 bits per heavy atom. The van der Waals surface area contributed by atoms with Gasteiger partial charge in [0.1, 0.15) is 6.04 Å². The van der Waals surface area contributed by atoms with E-state index in [4.69, 9.17) is 5.11 Å². The number of hydrogen-bond donors (Lipinski definition) is 1. The molecule has 2 aromatic rings. The minimum absolute atomic E-state index is 0.0116. The highest BCUT2D eigenvalue weighted by Gasteiger charge is 2.23. The highest BCUT2D eigenvalue weighted by molar-refractivity contribution is 5.67. The van der Waals surface area contributed by atoms with Gasteiger partial charge in [-0.2, -0.15) is 5.10 Å². The van der Waals surface area contributed by atoms with Gasteiger partial charge in [0.25, 0.3) is 0 Å². The van der Waals surface area contributed by atoms with E-state index >= 15 is 0 Å². The lowest BCUT2D eigenvalue weighted by Crippen LogP contribution is -2.21. The maximum Gasteiger partial charge on any atom is 0.305 e. The molecule has 108 valence electrons. The topological polar surface area (TPSA) is 98.7 Å². The van der Waals surface area contributed by atoms with Gasteiger partial charge in [-0.25, -0.2) is 4.68 Å². The van der Waals surface area contributed by atoms with Gasteiger partial charge in [0.15, 0.2) is 5.82 Å². The lowest BCUT2D eigenvalue weighted by atomic mass is 10.1. The molecule has 8 nitrogen and oxygen atoms in total. The zero-order valence-corrected chi connectivity index (χ0v) is 11.5. The van der Waals surface area contributed by atoms with Crippen LogP contribution in [-0.4, -0.2) is 41.1 Å². The van der Waals surface area contributed by atoms with Crippen LogP contribution in [0, 0.1) is 0 Å². The predicted molar refractivity (Wildman–Crippen MR) is 70.1 cm³/mol. The number of carbonyl (C=O) groups is 1. The van der Waals surface area contributed by atoms with Crippen LogP contribution in [0.4, 0.5) is 0 Å². The molecule has 0 fully saturated rings. The molecule has 0 aliphatic heterocycles. The lowest BCUT2D eigenvalue weighted by Gasteiger charge is -2.18. The monoisotopic (exact) mass is 278 g/mol. The summed E-state index contributed by atoms with van der Waals surface area (Å²) in [6, 6.07) is 1.44. The van der Waals surface area contributed by atoms with Crippen molar-refractivity contribution in [2.24, 2.45) is 0 Å². The number of aliphatic carboxylic acids is 1. The standard InChI is InChI=1S/C12H18N6O2/c1-3-5-10(8-11(19)20)18-12(14-15-16-18)9(2)17-7-4-6-13-17/h4,6-7,9-10H,3,5,8H2,1-2H3,(H,19,20). The zero-order chi connectivity index (χ0) is 14.5. The summed E-state index contributed by atoms with van der Waals surface area (Å²) in [5.74, 6) is -0.231. The van der Waals surface area contributed by atoms with Crippen LogP contribution in [0.1, 0.15) is 51.0 Å². The molecule has 0 spiro atoms. The number of tetrazole rings is 1. The van der Waals surface area contributed by atoms with Gasteiger partial charge in [0.05, 0.1) is 12.5 Å². The van der Waals surface area contributed by atoms with E-state index in [-0.39, 0.29) is 18.5 Å². The molecule has 20 heavy (non-hydrogen) atoms. The van der Waals surface area contributed by atoms with Crippen molar-refractivity contribution >= 4 is 5.97 Å². The number of rotatable bonds is 7.